The van der Waals surface area contributed by atoms with Gasteiger partial charge in [0.15, 0.2) is 0 Å². The van der Waals surface area contributed by atoms with Gasteiger partial charge in [-0.1, -0.05) is 23.7 Å². The third kappa shape index (κ3) is 4.57. The average molecular weight is 421 g/mol. The molecule has 1 aliphatic rings. The number of carbonyl (C=O) groups excluding carboxylic acids is 1. The molecule has 1 amide bonds. The largest absolute Gasteiger partial charge is 0.326 e. The van der Waals surface area contributed by atoms with Crippen LogP contribution in [0, 0.1) is 26.7 Å². The number of anilines is 1. The highest BCUT2D eigenvalue weighted by Crippen LogP contribution is 2.27. The zero-order chi connectivity index (χ0) is 20.5. The van der Waals surface area contributed by atoms with Crippen molar-refractivity contribution in [2.45, 2.75) is 38.5 Å². The number of nitrogens with zero attached hydrogens (tertiary/aromatic N) is 1. The van der Waals surface area contributed by atoms with E-state index in [0.717, 1.165) is 22.4 Å². The van der Waals surface area contributed by atoms with Crippen molar-refractivity contribution in [2.75, 3.05) is 18.4 Å². The molecule has 1 N–H and O–H groups in total. The summed E-state index contributed by atoms with van der Waals surface area (Å²) in [5.74, 6) is -0.530. The molecule has 0 saturated carbocycles. The number of carbonyl (C=O) groups is 1. The molecule has 1 fully saturated rings. The van der Waals surface area contributed by atoms with Crippen molar-refractivity contribution in [1.29, 1.82) is 0 Å². The maximum absolute atomic E-state index is 13.0. The Morgan fingerprint density at radius 2 is 1.79 bits per heavy atom. The molecule has 0 unspecified atom stereocenters. The van der Waals surface area contributed by atoms with Gasteiger partial charge in [0, 0.05) is 23.8 Å². The van der Waals surface area contributed by atoms with Crippen LogP contribution in [-0.4, -0.2) is 31.7 Å². The van der Waals surface area contributed by atoms with Crippen molar-refractivity contribution in [3.8, 4) is 0 Å². The van der Waals surface area contributed by atoms with E-state index in [1.54, 1.807) is 12.1 Å². The Morgan fingerprint density at radius 1 is 1.11 bits per heavy atom. The summed E-state index contributed by atoms with van der Waals surface area (Å²) in [6.45, 7) is 6.35. The molecule has 1 saturated heterocycles. The molecule has 0 bridgehead atoms. The van der Waals surface area contributed by atoms with E-state index in [1.165, 1.54) is 10.4 Å². The molecule has 0 aliphatic carbocycles. The van der Waals surface area contributed by atoms with Crippen molar-refractivity contribution in [3.63, 3.8) is 0 Å². The van der Waals surface area contributed by atoms with Crippen LogP contribution < -0.4 is 5.32 Å². The monoisotopic (exact) mass is 420 g/mol. The van der Waals surface area contributed by atoms with Crippen LogP contribution in [0.2, 0.25) is 5.02 Å². The molecule has 3 rings (SSSR count). The zero-order valence-electron chi connectivity index (χ0n) is 16.3. The normalized spacial score (nSPS) is 18.1. The minimum atomic E-state index is -3.69. The Bertz CT molecular complexity index is 984. The fraction of sp³-hybridized carbons (Fsp3) is 0.381. The number of piperidine rings is 1. The molecular formula is C21H25ClN2O3S. The van der Waals surface area contributed by atoms with Gasteiger partial charge >= 0.3 is 0 Å². The molecule has 0 radical (unpaired) electrons. The fourth-order valence-electron chi connectivity index (χ4n) is 3.55. The average Bonchev–Trinajstić information content (AvgIpc) is 2.63. The highest BCUT2D eigenvalue weighted by molar-refractivity contribution is 7.89. The second kappa shape index (κ2) is 8.23. The predicted molar refractivity (Wildman–Crippen MR) is 112 cm³/mol. The summed E-state index contributed by atoms with van der Waals surface area (Å²) in [7, 11) is -3.69. The number of amides is 1. The standard InChI is InChI=1S/C21H25ClN2O3S/c1-14-9-15(2)11-18(10-14)23-21(25)17-5-4-8-24(13-17)28(26,27)19-7-6-16(3)20(22)12-19/h6-7,9-12,17H,4-5,8,13H2,1-3H3,(H,23,25)/t17-/m1/s1. The quantitative estimate of drug-likeness (QED) is 0.801. The van der Waals surface area contributed by atoms with E-state index < -0.39 is 10.0 Å². The third-order valence-electron chi connectivity index (χ3n) is 5.03. The summed E-state index contributed by atoms with van der Waals surface area (Å²) >= 11 is 6.11. The lowest BCUT2D eigenvalue weighted by Gasteiger charge is -2.31. The van der Waals surface area contributed by atoms with Gasteiger partial charge in [-0.15, -0.1) is 0 Å². The van der Waals surface area contributed by atoms with E-state index in [1.807, 2.05) is 39.0 Å². The van der Waals surface area contributed by atoms with Crippen LogP contribution in [-0.2, 0) is 14.8 Å². The Morgan fingerprint density at radius 3 is 2.43 bits per heavy atom. The summed E-state index contributed by atoms with van der Waals surface area (Å²) in [4.78, 5) is 12.9. The lowest BCUT2D eigenvalue weighted by atomic mass is 9.98. The molecule has 1 heterocycles. The molecule has 2 aromatic rings. The Labute approximate surface area is 171 Å². The van der Waals surface area contributed by atoms with Crippen LogP contribution in [0.3, 0.4) is 0 Å². The smallest absolute Gasteiger partial charge is 0.243 e. The molecule has 0 spiro atoms. The van der Waals surface area contributed by atoms with Gasteiger partial charge in [0.1, 0.15) is 0 Å². The highest BCUT2D eigenvalue weighted by Gasteiger charge is 2.33. The van der Waals surface area contributed by atoms with Crippen molar-refractivity contribution < 1.29 is 13.2 Å². The lowest BCUT2D eigenvalue weighted by molar-refractivity contribution is -0.120. The van der Waals surface area contributed by atoms with Gasteiger partial charge in [-0.25, -0.2) is 8.42 Å². The summed E-state index contributed by atoms with van der Waals surface area (Å²) in [6.07, 6.45) is 1.31. The van der Waals surface area contributed by atoms with Crippen molar-refractivity contribution >= 4 is 33.2 Å². The first-order valence-electron chi connectivity index (χ1n) is 9.32. The van der Waals surface area contributed by atoms with Gasteiger partial charge in [0.2, 0.25) is 15.9 Å². The number of benzene rings is 2. The number of nitrogens with one attached hydrogen (secondary N) is 1. The Hall–Kier alpha value is -1.89. The molecule has 0 aromatic heterocycles. The maximum atomic E-state index is 13.0. The number of hydrogen-bond acceptors (Lipinski definition) is 3. The predicted octanol–water partition coefficient (Wildman–Crippen LogP) is 4.30. The first-order valence-corrected chi connectivity index (χ1v) is 11.1. The van der Waals surface area contributed by atoms with Crippen molar-refractivity contribution in [2.24, 2.45) is 5.92 Å². The van der Waals surface area contributed by atoms with Gasteiger partial charge in [0.25, 0.3) is 0 Å². The van der Waals surface area contributed by atoms with E-state index >= 15 is 0 Å². The molecular weight excluding hydrogens is 396 g/mol. The van der Waals surface area contributed by atoms with Crippen LogP contribution >= 0.6 is 11.6 Å². The molecule has 5 nitrogen and oxygen atoms in total. The molecule has 150 valence electrons. The highest BCUT2D eigenvalue weighted by atomic mass is 35.5. The van der Waals surface area contributed by atoms with Gasteiger partial charge in [-0.3, -0.25) is 4.79 Å². The summed E-state index contributed by atoms with van der Waals surface area (Å²) in [6, 6.07) is 10.6. The van der Waals surface area contributed by atoms with Crippen LogP contribution in [0.1, 0.15) is 29.5 Å². The summed E-state index contributed by atoms with van der Waals surface area (Å²) in [5, 5.41) is 3.36. The van der Waals surface area contributed by atoms with E-state index in [2.05, 4.69) is 5.32 Å². The third-order valence-corrected chi connectivity index (χ3v) is 7.29. The topological polar surface area (TPSA) is 66.5 Å². The molecule has 7 heteroatoms. The van der Waals surface area contributed by atoms with Gasteiger partial charge in [-0.05, 0) is 74.6 Å². The number of halogens is 1. The minimum absolute atomic E-state index is 0.146. The molecule has 2 aromatic carbocycles. The number of sulfonamides is 1. The van der Waals surface area contributed by atoms with E-state index in [4.69, 9.17) is 11.6 Å². The second-order valence-corrected chi connectivity index (χ2v) is 9.82. The van der Waals surface area contributed by atoms with Crippen LogP contribution in [0.15, 0.2) is 41.3 Å². The summed E-state index contributed by atoms with van der Waals surface area (Å²) in [5.41, 5.74) is 3.71. The van der Waals surface area contributed by atoms with Crippen LogP contribution in [0.5, 0.6) is 0 Å². The number of hydrogen-bond donors (Lipinski definition) is 1. The first kappa shape index (κ1) is 20.8. The van der Waals surface area contributed by atoms with Gasteiger partial charge in [0.05, 0.1) is 10.8 Å². The van der Waals surface area contributed by atoms with E-state index in [0.29, 0.717) is 24.4 Å². The fourth-order valence-corrected chi connectivity index (χ4v) is 5.34. The van der Waals surface area contributed by atoms with Crippen LogP contribution in [0.25, 0.3) is 0 Å². The molecule has 1 aliphatic heterocycles. The van der Waals surface area contributed by atoms with E-state index in [9.17, 15) is 13.2 Å². The van der Waals surface area contributed by atoms with Crippen molar-refractivity contribution in [3.05, 3.63) is 58.1 Å². The van der Waals surface area contributed by atoms with Crippen molar-refractivity contribution in [1.82, 2.24) is 4.31 Å². The summed E-state index contributed by atoms with van der Waals surface area (Å²) < 4.78 is 27.4. The zero-order valence-corrected chi connectivity index (χ0v) is 17.9. The molecule has 1 atom stereocenters. The second-order valence-electron chi connectivity index (χ2n) is 7.48. The lowest BCUT2D eigenvalue weighted by Crippen LogP contribution is -2.43. The Kier molecular flexibility index (Phi) is 6.12. The van der Waals surface area contributed by atoms with Gasteiger partial charge in [-0.2, -0.15) is 4.31 Å². The minimum Gasteiger partial charge on any atom is -0.326 e. The van der Waals surface area contributed by atoms with E-state index in [-0.39, 0.29) is 23.3 Å². The SMILES string of the molecule is Cc1cc(C)cc(NC(=O)[C@@H]2CCCN(S(=O)(=O)c3ccc(C)c(Cl)c3)C2)c1. The first-order chi connectivity index (χ1) is 13.2. The number of rotatable bonds is 4. The Balaban J connectivity index is 1.75. The molecule has 28 heavy (non-hydrogen) atoms. The van der Waals surface area contributed by atoms with Crippen LogP contribution in [0.4, 0.5) is 5.69 Å². The van der Waals surface area contributed by atoms with Gasteiger partial charge < -0.3 is 5.32 Å². The maximum Gasteiger partial charge on any atom is 0.243 e. The number of aryl methyl sites for hydroxylation is 3.